The van der Waals surface area contributed by atoms with Crippen molar-refractivity contribution >= 4 is 15.9 Å². The number of hydrogen-bond acceptors (Lipinski definition) is 5. The smallest absolute Gasteiger partial charge is 0.247 e. The molecule has 0 aliphatic heterocycles. The zero-order valence-electron chi connectivity index (χ0n) is 11.8. The fraction of sp³-hybridized carbons (Fsp3) is 0.429. The second kappa shape index (κ2) is 6.03. The van der Waals surface area contributed by atoms with E-state index in [2.05, 4.69) is 26.1 Å². The molecule has 2 aromatic rings. The lowest BCUT2D eigenvalue weighted by atomic mass is 10.1. The normalized spacial score (nSPS) is 12.1. The molecule has 0 spiro atoms. The van der Waals surface area contributed by atoms with Crippen LogP contribution in [-0.4, -0.2) is 39.4 Å². The predicted molar refractivity (Wildman–Crippen MR) is 80.1 cm³/mol. The van der Waals surface area contributed by atoms with Crippen LogP contribution in [0.1, 0.15) is 19.7 Å². The molecule has 1 aromatic carbocycles. The quantitative estimate of drug-likeness (QED) is 0.907. The Kier molecular flexibility index (Phi) is 4.57. The summed E-state index contributed by atoms with van der Waals surface area (Å²) in [7, 11) is 1.90. The van der Waals surface area contributed by atoms with Crippen molar-refractivity contribution in [3.05, 3.63) is 34.6 Å². The molecule has 0 aliphatic rings. The number of aliphatic hydroxyl groups is 1. The van der Waals surface area contributed by atoms with Crippen LogP contribution in [0.15, 0.2) is 33.2 Å². The van der Waals surface area contributed by atoms with Gasteiger partial charge in [-0.05, 0) is 39.1 Å². The van der Waals surface area contributed by atoms with Gasteiger partial charge in [-0.3, -0.25) is 4.90 Å². The fourth-order valence-electron chi connectivity index (χ4n) is 2.00. The minimum atomic E-state index is -0.748. The van der Waals surface area contributed by atoms with Gasteiger partial charge in [0.15, 0.2) is 0 Å². The van der Waals surface area contributed by atoms with Crippen LogP contribution in [0, 0.1) is 0 Å². The van der Waals surface area contributed by atoms with Gasteiger partial charge in [0, 0.05) is 16.6 Å². The Balaban J connectivity index is 2.06. The Morgan fingerprint density at radius 3 is 2.75 bits per heavy atom. The van der Waals surface area contributed by atoms with E-state index >= 15 is 0 Å². The highest BCUT2D eigenvalue weighted by Crippen LogP contribution is 2.22. The third kappa shape index (κ3) is 4.40. The van der Waals surface area contributed by atoms with Gasteiger partial charge >= 0.3 is 0 Å². The zero-order chi connectivity index (χ0) is 14.8. The highest BCUT2D eigenvalue weighted by molar-refractivity contribution is 9.10. The first-order valence-corrected chi connectivity index (χ1v) is 7.12. The molecule has 0 radical (unpaired) electrons. The van der Waals surface area contributed by atoms with E-state index in [9.17, 15) is 5.11 Å². The lowest BCUT2D eigenvalue weighted by molar-refractivity contribution is 0.0403. The van der Waals surface area contributed by atoms with Gasteiger partial charge in [0.25, 0.3) is 0 Å². The molecule has 0 unspecified atom stereocenters. The van der Waals surface area contributed by atoms with Gasteiger partial charge < -0.3 is 9.52 Å². The molecule has 0 saturated heterocycles. The van der Waals surface area contributed by atoms with E-state index in [4.69, 9.17) is 4.42 Å². The third-order valence-electron chi connectivity index (χ3n) is 2.60. The summed E-state index contributed by atoms with van der Waals surface area (Å²) in [5.41, 5.74) is 0.130. The van der Waals surface area contributed by atoms with E-state index in [0.29, 0.717) is 24.9 Å². The molecule has 6 heteroatoms. The third-order valence-corrected chi connectivity index (χ3v) is 3.09. The van der Waals surface area contributed by atoms with Crippen molar-refractivity contribution < 1.29 is 9.52 Å². The van der Waals surface area contributed by atoms with Crippen molar-refractivity contribution in [3.8, 4) is 11.5 Å². The number of halogens is 1. The highest BCUT2D eigenvalue weighted by Gasteiger charge is 2.17. The number of nitrogens with zero attached hydrogens (tertiary/aromatic N) is 3. The Bertz CT molecular complexity index is 578. The summed E-state index contributed by atoms with van der Waals surface area (Å²) in [6, 6.07) is 7.71. The summed E-state index contributed by atoms with van der Waals surface area (Å²) in [6.45, 7) is 4.57. The SMILES string of the molecule is CN(Cc1nnc(-c2cccc(Br)c2)o1)CC(C)(C)O. The van der Waals surface area contributed by atoms with Crippen LogP contribution in [0.4, 0.5) is 0 Å². The molecule has 108 valence electrons. The second-order valence-corrected chi connectivity index (χ2v) is 6.41. The highest BCUT2D eigenvalue weighted by atomic mass is 79.9. The largest absolute Gasteiger partial charge is 0.419 e. The summed E-state index contributed by atoms with van der Waals surface area (Å²) in [5.74, 6) is 1.03. The summed E-state index contributed by atoms with van der Waals surface area (Å²) >= 11 is 3.41. The molecule has 0 atom stereocenters. The minimum Gasteiger partial charge on any atom is -0.419 e. The molecule has 1 N–H and O–H groups in total. The number of likely N-dealkylation sites (N-methyl/N-ethyl adjacent to an activating group) is 1. The van der Waals surface area contributed by atoms with Crippen molar-refractivity contribution in [2.75, 3.05) is 13.6 Å². The predicted octanol–water partition coefficient (Wildman–Crippen LogP) is 2.70. The van der Waals surface area contributed by atoms with Crippen LogP contribution < -0.4 is 0 Å². The van der Waals surface area contributed by atoms with E-state index in [1.54, 1.807) is 13.8 Å². The molecular weight excluding hydrogens is 322 g/mol. The first-order valence-electron chi connectivity index (χ1n) is 6.33. The van der Waals surface area contributed by atoms with Crippen LogP contribution in [-0.2, 0) is 6.54 Å². The molecule has 5 nitrogen and oxygen atoms in total. The summed E-state index contributed by atoms with van der Waals surface area (Å²) < 4.78 is 6.61. The summed E-state index contributed by atoms with van der Waals surface area (Å²) in [4.78, 5) is 1.94. The van der Waals surface area contributed by atoms with E-state index in [1.807, 2.05) is 36.2 Å². The van der Waals surface area contributed by atoms with Crippen LogP contribution in [0.2, 0.25) is 0 Å². The van der Waals surface area contributed by atoms with Gasteiger partial charge in [-0.1, -0.05) is 22.0 Å². The first-order chi connectivity index (χ1) is 9.33. The van der Waals surface area contributed by atoms with Crippen LogP contribution in [0.25, 0.3) is 11.5 Å². The van der Waals surface area contributed by atoms with E-state index in [1.165, 1.54) is 0 Å². The molecule has 0 saturated carbocycles. The molecule has 0 amide bonds. The van der Waals surface area contributed by atoms with Gasteiger partial charge in [0.2, 0.25) is 11.8 Å². The molecule has 0 fully saturated rings. The Hall–Kier alpha value is -1.24. The molecule has 2 rings (SSSR count). The average molecular weight is 340 g/mol. The maximum absolute atomic E-state index is 9.77. The standard InChI is InChI=1S/C14H18BrN3O2/c1-14(2,19)9-18(3)8-12-16-17-13(20-12)10-5-4-6-11(15)7-10/h4-7,19H,8-9H2,1-3H3. The molecule has 20 heavy (non-hydrogen) atoms. The summed E-state index contributed by atoms with van der Waals surface area (Å²) in [5, 5.41) is 17.9. The lowest BCUT2D eigenvalue weighted by Gasteiger charge is -2.23. The van der Waals surface area contributed by atoms with Gasteiger partial charge in [0.1, 0.15) is 0 Å². The summed E-state index contributed by atoms with van der Waals surface area (Å²) in [6.07, 6.45) is 0. The minimum absolute atomic E-state index is 0.498. The van der Waals surface area contributed by atoms with Gasteiger partial charge in [-0.15, -0.1) is 10.2 Å². The zero-order valence-corrected chi connectivity index (χ0v) is 13.4. The molecule has 0 aliphatic carbocycles. The first kappa shape index (κ1) is 15.2. The van der Waals surface area contributed by atoms with Gasteiger partial charge in [-0.2, -0.15) is 0 Å². The van der Waals surface area contributed by atoms with E-state index in [0.717, 1.165) is 10.0 Å². The van der Waals surface area contributed by atoms with Crippen LogP contribution in [0.5, 0.6) is 0 Å². The van der Waals surface area contributed by atoms with Crippen molar-refractivity contribution in [1.29, 1.82) is 0 Å². The fourth-order valence-corrected chi connectivity index (χ4v) is 2.40. The Morgan fingerprint density at radius 1 is 1.35 bits per heavy atom. The molecule has 1 heterocycles. The van der Waals surface area contributed by atoms with Crippen molar-refractivity contribution in [3.63, 3.8) is 0 Å². The Morgan fingerprint density at radius 2 is 2.10 bits per heavy atom. The van der Waals surface area contributed by atoms with Gasteiger partial charge in [0.05, 0.1) is 12.1 Å². The maximum atomic E-state index is 9.77. The maximum Gasteiger partial charge on any atom is 0.247 e. The van der Waals surface area contributed by atoms with E-state index < -0.39 is 5.60 Å². The molecule has 0 bridgehead atoms. The monoisotopic (exact) mass is 339 g/mol. The van der Waals surface area contributed by atoms with Crippen molar-refractivity contribution in [1.82, 2.24) is 15.1 Å². The number of rotatable bonds is 5. The Labute approximate surface area is 126 Å². The van der Waals surface area contributed by atoms with Crippen LogP contribution in [0.3, 0.4) is 0 Å². The van der Waals surface area contributed by atoms with Crippen molar-refractivity contribution in [2.24, 2.45) is 0 Å². The van der Waals surface area contributed by atoms with E-state index in [-0.39, 0.29) is 0 Å². The number of hydrogen-bond donors (Lipinski definition) is 1. The number of aromatic nitrogens is 2. The van der Waals surface area contributed by atoms with Crippen molar-refractivity contribution in [2.45, 2.75) is 26.0 Å². The molecular formula is C14H18BrN3O2. The van der Waals surface area contributed by atoms with Gasteiger partial charge in [-0.25, -0.2) is 0 Å². The number of benzene rings is 1. The topological polar surface area (TPSA) is 62.4 Å². The lowest BCUT2D eigenvalue weighted by Crippen LogP contribution is -2.35. The molecule has 1 aromatic heterocycles. The van der Waals surface area contributed by atoms with Crippen LogP contribution >= 0.6 is 15.9 Å². The second-order valence-electron chi connectivity index (χ2n) is 5.50. The average Bonchev–Trinajstić information content (AvgIpc) is 2.74.